The zero-order valence-electron chi connectivity index (χ0n) is 10.1. The first-order chi connectivity index (χ1) is 8.29. The quantitative estimate of drug-likeness (QED) is 0.330. The SMILES string of the molecule is CCN[C@@](F)(CS)C(=O)N[C@@](F)(CS)C(=O)NC. The van der Waals surface area contributed by atoms with Crippen molar-refractivity contribution in [1.29, 1.82) is 0 Å². The van der Waals surface area contributed by atoms with Crippen LogP contribution in [0.3, 0.4) is 0 Å². The van der Waals surface area contributed by atoms with Gasteiger partial charge >= 0.3 is 0 Å². The Morgan fingerprint density at radius 2 is 1.61 bits per heavy atom. The molecule has 0 unspecified atom stereocenters. The second-order valence-corrected chi connectivity index (χ2v) is 4.11. The molecule has 0 fully saturated rings. The molecule has 0 aromatic heterocycles. The molecule has 0 aliphatic carbocycles. The fraction of sp³-hybridized carbons (Fsp3) is 0.778. The lowest BCUT2D eigenvalue weighted by Gasteiger charge is -2.28. The van der Waals surface area contributed by atoms with E-state index in [2.05, 4.69) is 30.6 Å². The third kappa shape index (κ3) is 3.99. The standard InChI is InChI=1S/C9H17F2N3O2S2/c1-3-13-8(10,4-17)7(16)14-9(11,5-18)6(15)12-2/h13,17-18H,3-5H2,1-2H3,(H,12,15)(H,14,16)/t8-,9-/m0/s1. The lowest BCUT2D eigenvalue weighted by atomic mass is 10.2. The maximum Gasteiger partial charge on any atom is 0.279 e. The average Bonchev–Trinajstić information content (AvgIpc) is 2.37. The predicted molar refractivity (Wildman–Crippen MR) is 71.3 cm³/mol. The van der Waals surface area contributed by atoms with E-state index in [9.17, 15) is 18.4 Å². The Labute approximate surface area is 115 Å². The van der Waals surface area contributed by atoms with Gasteiger partial charge in [0, 0.05) is 12.8 Å². The molecule has 9 heteroatoms. The fourth-order valence-electron chi connectivity index (χ4n) is 1.13. The summed E-state index contributed by atoms with van der Waals surface area (Å²) < 4.78 is 28.1. The minimum atomic E-state index is -2.77. The molecule has 0 rings (SSSR count). The molecule has 106 valence electrons. The van der Waals surface area contributed by atoms with Crippen LogP contribution in [0.5, 0.6) is 0 Å². The highest BCUT2D eigenvalue weighted by molar-refractivity contribution is 7.80. The van der Waals surface area contributed by atoms with Gasteiger partial charge in [-0.1, -0.05) is 6.92 Å². The first-order valence-corrected chi connectivity index (χ1v) is 6.45. The molecule has 0 aliphatic rings. The van der Waals surface area contributed by atoms with Crippen LogP contribution in [-0.4, -0.2) is 48.5 Å². The molecule has 0 aromatic carbocycles. The lowest BCUT2D eigenvalue weighted by Crippen LogP contribution is -2.64. The van der Waals surface area contributed by atoms with Gasteiger partial charge in [-0.2, -0.15) is 25.3 Å². The van der Waals surface area contributed by atoms with E-state index < -0.39 is 34.9 Å². The Hall–Kier alpha value is -0.540. The van der Waals surface area contributed by atoms with Crippen molar-refractivity contribution in [1.82, 2.24) is 16.0 Å². The number of halogens is 2. The second-order valence-electron chi connectivity index (χ2n) is 3.48. The molecule has 0 aromatic rings. The average molecular weight is 301 g/mol. The van der Waals surface area contributed by atoms with Gasteiger partial charge in [-0.05, 0) is 6.54 Å². The van der Waals surface area contributed by atoms with E-state index in [1.165, 1.54) is 7.05 Å². The maximum atomic E-state index is 14.0. The predicted octanol–water partition coefficient (Wildman–Crippen LogP) is -0.351. The summed E-state index contributed by atoms with van der Waals surface area (Å²) in [6.45, 7) is 1.72. The molecule has 0 heterocycles. The van der Waals surface area contributed by atoms with Crippen LogP contribution >= 0.6 is 25.3 Å². The van der Waals surface area contributed by atoms with Crippen molar-refractivity contribution in [3.05, 3.63) is 0 Å². The number of hydrogen-bond donors (Lipinski definition) is 5. The Bertz CT molecular complexity index is 322. The minimum Gasteiger partial charge on any atom is -0.355 e. The van der Waals surface area contributed by atoms with Crippen LogP contribution in [0, 0.1) is 0 Å². The van der Waals surface area contributed by atoms with Crippen LogP contribution < -0.4 is 16.0 Å². The van der Waals surface area contributed by atoms with Crippen LogP contribution in [0.2, 0.25) is 0 Å². The van der Waals surface area contributed by atoms with Crippen molar-refractivity contribution in [2.24, 2.45) is 0 Å². The lowest BCUT2D eigenvalue weighted by molar-refractivity contribution is -0.145. The van der Waals surface area contributed by atoms with Crippen molar-refractivity contribution < 1.29 is 18.4 Å². The van der Waals surface area contributed by atoms with Crippen molar-refractivity contribution in [3.8, 4) is 0 Å². The van der Waals surface area contributed by atoms with Gasteiger partial charge in [0.15, 0.2) is 0 Å². The summed E-state index contributed by atoms with van der Waals surface area (Å²) in [6.07, 6.45) is 0. The first kappa shape index (κ1) is 17.5. The molecule has 5 nitrogen and oxygen atoms in total. The van der Waals surface area contributed by atoms with Gasteiger partial charge in [0.05, 0.1) is 5.75 Å². The van der Waals surface area contributed by atoms with Crippen molar-refractivity contribution in [2.45, 2.75) is 18.5 Å². The number of amides is 2. The van der Waals surface area contributed by atoms with Crippen LogP contribution in [0.15, 0.2) is 0 Å². The van der Waals surface area contributed by atoms with Crippen LogP contribution in [0.4, 0.5) is 8.78 Å². The van der Waals surface area contributed by atoms with Crippen LogP contribution in [0.1, 0.15) is 6.92 Å². The van der Waals surface area contributed by atoms with E-state index in [0.717, 1.165) is 0 Å². The molecule has 0 aliphatic heterocycles. The summed E-state index contributed by atoms with van der Waals surface area (Å²) in [7, 11) is 1.19. The van der Waals surface area contributed by atoms with Gasteiger partial charge in [-0.25, -0.2) is 8.78 Å². The summed E-state index contributed by atoms with van der Waals surface area (Å²) in [5, 5.41) is 5.95. The van der Waals surface area contributed by atoms with E-state index >= 15 is 0 Å². The van der Waals surface area contributed by atoms with Gasteiger partial charge in [0.25, 0.3) is 17.6 Å². The number of likely N-dealkylation sites (N-methyl/N-ethyl adjacent to an activating group) is 2. The highest BCUT2D eigenvalue weighted by Crippen LogP contribution is 2.15. The number of alkyl halides is 2. The van der Waals surface area contributed by atoms with E-state index in [4.69, 9.17) is 0 Å². The van der Waals surface area contributed by atoms with E-state index in [0.29, 0.717) is 0 Å². The monoisotopic (exact) mass is 301 g/mol. The zero-order valence-corrected chi connectivity index (χ0v) is 11.9. The zero-order chi connectivity index (χ0) is 14.4. The Kier molecular flexibility index (Phi) is 6.93. The Balaban J connectivity index is 4.95. The molecule has 0 saturated carbocycles. The number of carbonyl (C=O) groups excluding carboxylic acids is 2. The summed E-state index contributed by atoms with van der Waals surface area (Å²) in [5.74, 6) is -8.85. The number of rotatable bonds is 7. The maximum absolute atomic E-state index is 14.0. The minimum absolute atomic E-state index is 0.143. The molecule has 0 bridgehead atoms. The Morgan fingerprint density at radius 1 is 1.11 bits per heavy atom. The molecule has 18 heavy (non-hydrogen) atoms. The van der Waals surface area contributed by atoms with Crippen molar-refractivity contribution in [3.63, 3.8) is 0 Å². The van der Waals surface area contributed by atoms with Gasteiger partial charge in [-0.3, -0.25) is 14.9 Å². The molecular weight excluding hydrogens is 284 g/mol. The number of thiol groups is 2. The van der Waals surface area contributed by atoms with Gasteiger partial charge in [0.2, 0.25) is 5.79 Å². The first-order valence-electron chi connectivity index (χ1n) is 5.19. The topological polar surface area (TPSA) is 70.2 Å². The van der Waals surface area contributed by atoms with Crippen molar-refractivity contribution in [2.75, 3.05) is 25.1 Å². The van der Waals surface area contributed by atoms with Gasteiger partial charge in [0.1, 0.15) is 0 Å². The normalized spacial score (nSPS) is 17.4. The number of nitrogens with one attached hydrogen (secondary N) is 3. The van der Waals surface area contributed by atoms with Crippen LogP contribution in [-0.2, 0) is 9.59 Å². The highest BCUT2D eigenvalue weighted by Gasteiger charge is 2.45. The summed E-state index contributed by atoms with van der Waals surface area (Å²) in [6, 6.07) is 0. The van der Waals surface area contributed by atoms with E-state index in [1.54, 1.807) is 12.2 Å². The summed E-state index contributed by atoms with van der Waals surface area (Å²) in [5.41, 5.74) is 0. The van der Waals surface area contributed by atoms with E-state index in [-0.39, 0.29) is 6.54 Å². The summed E-state index contributed by atoms with van der Waals surface area (Å²) in [4.78, 5) is 22.9. The molecule has 3 N–H and O–H groups in total. The smallest absolute Gasteiger partial charge is 0.279 e. The largest absolute Gasteiger partial charge is 0.355 e. The molecule has 0 saturated heterocycles. The summed E-state index contributed by atoms with van der Waals surface area (Å²) >= 11 is 7.32. The van der Waals surface area contributed by atoms with Gasteiger partial charge < -0.3 is 10.6 Å². The highest BCUT2D eigenvalue weighted by atomic mass is 32.1. The van der Waals surface area contributed by atoms with E-state index in [1.807, 2.05) is 5.32 Å². The molecule has 2 atom stereocenters. The molecule has 2 amide bonds. The number of hydrogen-bond acceptors (Lipinski definition) is 5. The molecule has 0 radical (unpaired) electrons. The second kappa shape index (κ2) is 7.15. The molecular formula is C9H17F2N3O2S2. The number of carbonyl (C=O) groups is 2. The third-order valence-electron chi connectivity index (χ3n) is 2.15. The third-order valence-corrected chi connectivity index (χ3v) is 3.02. The molecule has 0 spiro atoms. The van der Waals surface area contributed by atoms with Crippen LogP contribution in [0.25, 0.3) is 0 Å². The van der Waals surface area contributed by atoms with Gasteiger partial charge in [-0.15, -0.1) is 0 Å². The van der Waals surface area contributed by atoms with Crippen molar-refractivity contribution >= 4 is 37.1 Å². The Morgan fingerprint density at radius 3 is 1.94 bits per heavy atom. The fourth-order valence-corrected chi connectivity index (χ4v) is 1.61.